The van der Waals surface area contributed by atoms with Gasteiger partial charge in [0.1, 0.15) is 24.6 Å². The lowest BCUT2D eigenvalue weighted by atomic mass is 9.79. The van der Waals surface area contributed by atoms with E-state index in [1.165, 1.54) is 33.0 Å². The fourth-order valence-electron chi connectivity index (χ4n) is 4.00. The summed E-state index contributed by atoms with van der Waals surface area (Å²) in [6.07, 6.45) is 0.592. The van der Waals surface area contributed by atoms with E-state index in [1.54, 1.807) is 26.0 Å². The molecule has 5 N–H and O–H groups in total. The molecule has 0 spiro atoms. The van der Waals surface area contributed by atoms with Crippen molar-refractivity contribution < 1.29 is 43.7 Å². The first-order chi connectivity index (χ1) is 17.7. The Morgan fingerprint density at radius 2 is 1.63 bits per heavy atom. The molecule has 38 heavy (non-hydrogen) atoms. The van der Waals surface area contributed by atoms with Crippen LogP contribution >= 0.6 is 0 Å². The SMILES string of the molecule is CCC(CC(C(=O)O)C(CCC(C)C(=O)OCCOc1ccc(C(=O)C(C)(C)O)cc1)C(N)=O)C(=O)NC. The Bertz CT molecular complexity index is 970. The van der Waals surface area contributed by atoms with Gasteiger partial charge in [0.15, 0.2) is 5.78 Å². The molecule has 0 bridgehead atoms. The number of hydrogen-bond donors (Lipinski definition) is 4. The van der Waals surface area contributed by atoms with Gasteiger partial charge in [0.25, 0.3) is 0 Å². The molecule has 0 aliphatic carbocycles. The van der Waals surface area contributed by atoms with Crippen LogP contribution in [0, 0.1) is 23.7 Å². The zero-order valence-electron chi connectivity index (χ0n) is 22.7. The summed E-state index contributed by atoms with van der Waals surface area (Å²) in [6.45, 7) is 6.18. The smallest absolute Gasteiger partial charge is 0.308 e. The highest BCUT2D eigenvalue weighted by atomic mass is 16.6. The fraction of sp³-hybridized carbons (Fsp3) is 0.593. The predicted octanol–water partition coefficient (Wildman–Crippen LogP) is 1.94. The number of carboxylic acids is 1. The van der Waals surface area contributed by atoms with Crippen molar-refractivity contribution in [1.82, 2.24) is 5.32 Å². The summed E-state index contributed by atoms with van der Waals surface area (Å²) in [5.41, 5.74) is 4.35. The van der Waals surface area contributed by atoms with Crippen molar-refractivity contribution >= 4 is 29.5 Å². The van der Waals surface area contributed by atoms with Gasteiger partial charge >= 0.3 is 11.9 Å². The molecule has 212 valence electrons. The largest absolute Gasteiger partial charge is 0.490 e. The van der Waals surface area contributed by atoms with Gasteiger partial charge < -0.3 is 30.7 Å². The highest BCUT2D eigenvalue weighted by molar-refractivity contribution is 6.01. The average Bonchev–Trinajstić information content (AvgIpc) is 2.86. The second kappa shape index (κ2) is 15.1. The minimum absolute atomic E-state index is 0.0395. The first kappa shape index (κ1) is 32.6. The van der Waals surface area contributed by atoms with Gasteiger partial charge in [0, 0.05) is 18.5 Å². The number of carbonyl (C=O) groups is 5. The summed E-state index contributed by atoms with van der Waals surface area (Å²) in [5, 5.41) is 22.0. The van der Waals surface area contributed by atoms with Gasteiger partial charge in [-0.15, -0.1) is 0 Å². The molecule has 0 fully saturated rings. The number of aliphatic carboxylic acids is 1. The lowest BCUT2D eigenvalue weighted by molar-refractivity contribution is -0.150. The normalized spacial score (nSPS) is 14.5. The Hall–Kier alpha value is -3.47. The predicted molar refractivity (Wildman–Crippen MR) is 138 cm³/mol. The number of carbonyl (C=O) groups excluding carboxylic acids is 4. The first-order valence-electron chi connectivity index (χ1n) is 12.6. The van der Waals surface area contributed by atoms with Crippen LogP contribution < -0.4 is 15.8 Å². The van der Waals surface area contributed by atoms with Crippen molar-refractivity contribution in [1.29, 1.82) is 0 Å². The van der Waals surface area contributed by atoms with E-state index in [4.69, 9.17) is 15.2 Å². The van der Waals surface area contributed by atoms with E-state index in [1.807, 2.05) is 0 Å². The molecule has 0 aromatic heterocycles. The molecular weight excluding hydrogens is 496 g/mol. The number of ether oxygens (including phenoxy) is 2. The summed E-state index contributed by atoms with van der Waals surface area (Å²) >= 11 is 0. The lowest BCUT2D eigenvalue weighted by Gasteiger charge is -2.25. The van der Waals surface area contributed by atoms with Crippen LogP contribution in [0.5, 0.6) is 5.75 Å². The van der Waals surface area contributed by atoms with Crippen LogP contribution in [-0.2, 0) is 23.9 Å². The van der Waals surface area contributed by atoms with E-state index < -0.39 is 52.9 Å². The molecule has 11 nitrogen and oxygen atoms in total. The zero-order valence-corrected chi connectivity index (χ0v) is 22.7. The number of ketones is 1. The van der Waals surface area contributed by atoms with Gasteiger partial charge in [-0.3, -0.25) is 24.0 Å². The standard InChI is InChI=1S/C27H40N2O9/c1-6-17(24(32)29-5)15-21(25(33)34)20(23(28)31)12-7-16(2)26(35)38-14-13-37-19-10-8-18(9-11-19)22(30)27(3,4)36/h8-11,16-17,20-21,36H,6-7,12-15H2,1-5H3,(H2,28,31)(H,29,32)(H,33,34). The maximum atomic E-state index is 12.4. The van der Waals surface area contributed by atoms with Crippen LogP contribution in [0.2, 0.25) is 0 Å². The van der Waals surface area contributed by atoms with Gasteiger partial charge in [0.05, 0.1) is 17.8 Å². The number of carboxylic acid groups (broad SMARTS) is 1. The maximum absolute atomic E-state index is 12.4. The third-order valence-electron chi connectivity index (χ3n) is 6.40. The molecule has 0 aliphatic heterocycles. The number of nitrogens with one attached hydrogen (secondary N) is 1. The number of Topliss-reactive ketones (excluding diaryl/α,β-unsaturated/α-hetero) is 1. The molecule has 0 saturated carbocycles. The molecule has 0 heterocycles. The molecule has 4 atom stereocenters. The number of nitrogens with two attached hydrogens (primary N) is 1. The number of benzene rings is 1. The molecule has 1 aromatic carbocycles. The van der Waals surface area contributed by atoms with Crippen LogP contribution in [-0.4, -0.2) is 65.6 Å². The third kappa shape index (κ3) is 10.1. The van der Waals surface area contributed by atoms with Crippen molar-refractivity contribution in [3.05, 3.63) is 29.8 Å². The molecule has 0 aliphatic rings. The van der Waals surface area contributed by atoms with Crippen molar-refractivity contribution in [3.8, 4) is 5.75 Å². The van der Waals surface area contributed by atoms with Crippen LogP contribution in [0.15, 0.2) is 24.3 Å². The lowest BCUT2D eigenvalue weighted by Crippen LogP contribution is -2.38. The number of aliphatic hydroxyl groups is 1. The molecule has 0 radical (unpaired) electrons. The third-order valence-corrected chi connectivity index (χ3v) is 6.40. The second-order valence-corrected chi connectivity index (χ2v) is 9.82. The fourth-order valence-corrected chi connectivity index (χ4v) is 4.00. The van der Waals surface area contributed by atoms with E-state index in [9.17, 15) is 34.2 Å². The van der Waals surface area contributed by atoms with Crippen molar-refractivity contribution in [3.63, 3.8) is 0 Å². The van der Waals surface area contributed by atoms with E-state index in [-0.39, 0.29) is 38.4 Å². The topological polar surface area (TPSA) is 182 Å². The van der Waals surface area contributed by atoms with Crippen LogP contribution in [0.1, 0.15) is 63.7 Å². The van der Waals surface area contributed by atoms with Gasteiger partial charge in [-0.05, 0) is 63.8 Å². The number of amides is 2. The summed E-state index contributed by atoms with van der Waals surface area (Å²) in [6, 6.07) is 6.19. The number of rotatable bonds is 17. The van der Waals surface area contributed by atoms with E-state index in [2.05, 4.69) is 5.32 Å². The number of hydrogen-bond acceptors (Lipinski definition) is 8. The monoisotopic (exact) mass is 536 g/mol. The summed E-state index contributed by atoms with van der Waals surface area (Å²) in [7, 11) is 1.46. The summed E-state index contributed by atoms with van der Waals surface area (Å²) in [5.74, 6) is -6.24. The minimum Gasteiger partial charge on any atom is -0.490 e. The van der Waals surface area contributed by atoms with Gasteiger partial charge in [-0.25, -0.2) is 0 Å². The van der Waals surface area contributed by atoms with Gasteiger partial charge in [-0.2, -0.15) is 0 Å². The van der Waals surface area contributed by atoms with Crippen LogP contribution in [0.3, 0.4) is 0 Å². The van der Waals surface area contributed by atoms with E-state index >= 15 is 0 Å². The van der Waals surface area contributed by atoms with Crippen LogP contribution in [0.25, 0.3) is 0 Å². The highest BCUT2D eigenvalue weighted by Gasteiger charge is 2.36. The molecule has 11 heteroatoms. The molecule has 4 unspecified atom stereocenters. The van der Waals surface area contributed by atoms with E-state index in [0.29, 0.717) is 17.7 Å². The van der Waals surface area contributed by atoms with Gasteiger partial charge in [0.2, 0.25) is 11.8 Å². The quantitative estimate of drug-likeness (QED) is 0.131. The Labute approximate surface area is 223 Å². The Balaban J connectivity index is 2.60. The number of primary amides is 1. The highest BCUT2D eigenvalue weighted by Crippen LogP contribution is 2.28. The second-order valence-electron chi connectivity index (χ2n) is 9.82. The maximum Gasteiger partial charge on any atom is 0.308 e. The Morgan fingerprint density at radius 1 is 1.03 bits per heavy atom. The zero-order chi connectivity index (χ0) is 29.0. The van der Waals surface area contributed by atoms with E-state index in [0.717, 1.165) is 0 Å². The van der Waals surface area contributed by atoms with Crippen molar-refractivity contribution in [2.75, 3.05) is 20.3 Å². The number of esters is 1. The molecule has 1 rings (SSSR count). The first-order valence-corrected chi connectivity index (χ1v) is 12.6. The molecule has 2 amide bonds. The van der Waals surface area contributed by atoms with Crippen molar-refractivity contribution in [2.24, 2.45) is 29.4 Å². The molecular formula is C27H40N2O9. The van der Waals surface area contributed by atoms with Crippen molar-refractivity contribution in [2.45, 2.75) is 59.0 Å². The molecule has 1 aromatic rings. The molecule has 0 saturated heterocycles. The summed E-state index contributed by atoms with van der Waals surface area (Å²) in [4.78, 5) is 60.5. The minimum atomic E-state index is -1.48. The van der Waals surface area contributed by atoms with Crippen LogP contribution in [0.4, 0.5) is 0 Å². The summed E-state index contributed by atoms with van der Waals surface area (Å²) < 4.78 is 10.7. The van der Waals surface area contributed by atoms with Gasteiger partial charge in [-0.1, -0.05) is 13.8 Å². The Kier molecular flexibility index (Phi) is 12.9. The Morgan fingerprint density at radius 3 is 2.11 bits per heavy atom. The average molecular weight is 537 g/mol.